The molecule has 7 nitrogen and oxygen atoms in total. The third kappa shape index (κ3) is 4.04. The molecular formula is C23H28N4O3. The highest BCUT2D eigenvalue weighted by Crippen LogP contribution is 2.40. The number of piperazine rings is 1. The van der Waals surface area contributed by atoms with Gasteiger partial charge in [0.05, 0.1) is 30.8 Å². The van der Waals surface area contributed by atoms with Crippen LogP contribution in [0.15, 0.2) is 30.3 Å². The van der Waals surface area contributed by atoms with Crippen LogP contribution >= 0.6 is 0 Å². The van der Waals surface area contributed by atoms with Crippen LogP contribution < -0.4 is 0 Å². The van der Waals surface area contributed by atoms with Gasteiger partial charge in [0.25, 0.3) is 5.91 Å². The average Bonchev–Trinajstić information content (AvgIpc) is 3.64. The van der Waals surface area contributed by atoms with E-state index in [4.69, 9.17) is 9.72 Å². The minimum atomic E-state index is 0.0784. The van der Waals surface area contributed by atoms with Gasteiger partial charge in [0.2, 0.25) is 5.91 Å². The number of morpholine rings is 1. The molecule has 1 aliphatic carbocycles. The van der Waals surface area contributed by atoms with E-state index >= 15 is 0 Å². The second-order valence-electron chi connectivity index (χ2n) is 8.45. The zero-order valence-electron chi connectivity index (χ0n) is 17.3. The van der Waals surface area contributed by atoms with Crippen LogP contribution in [-0.4, -0.2) is 90.5 Å². The summed E-state index contributed by atoms with van der Waals surface area (Å²) in [5.41, 5.74) is 2.71. The summed E-state index contributed by atoms with van der Waals surface area (Å²) in [4.78, 5) is 36.6. The van der Waals surface area contributed by atoms with Crippen molar-refractivity contribution in [1.29, 1.82) is 0 Å². The van der Waals surface area contributed by atoms with E-state index in [1.54, 1.807) is 0 Å². The molecule has 7 heteroatoms. The van der Waals surface area contributed by atoms with Gasteiger partial charge >= 0.3 is 0 Å². The van der Waals surface area contributed by atoms with Crippen molar-refractivity contribution in [2.75, 3.05) is 59.0 Å². The highest BCUT2D eigenvalue weighted by molar-refractivity contribution is 6.06. The van der Waals surface area contributed by atoms with Gasteiger partial charge in [-0.15, -0.1) is 0 Å². The SMILES string of the molecule is O=C(CN1CCN(C(=O)c2cc(C3CC3)nc3ccccc23)CC1)N1CCOCC1. The second kappa shape index (κ2) is 8.32. The van der Waals surface area contributed by atoms with E-state index in [1.807, 2.05) is 40.1 Å². The molecule has 0 bridgehead atoms. The van der Waals surface area contributed by atoms with E-state index in [9.17, 15) is 9.59 Å². The smallest absolute Gasteiger partial charge is 0.254 e. The normalized spacial score (nSPS) is 20.5. The van der Waals surface area contributed by atoms with Gasteiger partial charge in [0.1, 0.15) is 0 Å². The lowest BCUT2D eigenvalue weighted by atomic mass is 10.0. The number of carbonyl (C=O) groups is 2. The summed E-state index contributed by atoms with van der Waals surface area (Å²) in [6.07, 6.45) is 2.32. The largest absolute Gasteiger partial charge is 0.378 e. The number of hydrogen-bond donors (Lipinski definition) is 0. The number of nitrogens with zero attached hydrogens (tertiary/aromatic N) is 4. The Kier molecular flexibility index (Phi) is 5.39. The van der Waals surface area contributed by atoms with Gasteiger partial charge in [-0.2, -0.15) is 0 Å². The summed E-state index contributed by atoms with van der Waals surface area (Å²) in [6.45, 7) is 5.75. The molecule has 0 radical (unpaired) electrons. The molecule has 2 amide bonds. The number of ether oxygens (including phenoxy) is 1. The van der Waals surface area contributed by atoms with Crippen LogP contribution in [0.1, 0.15) is 34.8 Å². The van der Waals surface area contributed by atoms with Crippen LogP contribution in [0, 0.1) is 0 Å². The number of benzene rings is 1. The highest BCUT2D eigenvalue weighted by Gasteiger charge is 2.29. The Morgan fingerprint density at radius 2 is 1.70 bits per heavy atom. The van der Waals surface area contributed by atoms with Crippen molar-refractivity contribution >= 4 is 22.7 Å². The lowest BCUT2D eigenvalue weighted by molar-refractivity contribution is -0.136. The summed E-state index contributed by atoms with van der Waals surface area (Å²) in [5, 5.41) is 0.928. The van der Waals surface area contributed by atoms with E-state index in [1.165, 1.54) is 0 Å². The molecule has 0 spiro atoms. The second-order valence-corrected chi connectivity index (χ2v) is 8.45. The van der Waals surface area contributed by atoms with Crippen molar-refractivity contribution in [3.05, 3.63) is 41.6 Å². The first-order chi connectivity index (χ1) is 14.7. The molecule has 1 saturated carbocycles. The Morgan fingerprint density at radius 1 is 0.967 bits per heavy atom. The standard InChI is InChI=1S/C23H28N4O3/c28-22(26-11-13-30-14-12-26)16-25-7-9-27(10-8-25)23(29)19-15-21(17-5-6-17)24-20-4-2-1-3-18(19)20/h1-4,15,17H,5-14,16H2. The van der Waals surface area contributed by atoms with Gasteiger partial charge < -0.3 is 14.5 Å². The van der Waals surface area contributed by atoms with Crippen LogP contribution in [0.2, 0.25) is 0 Å². The number of aromatic nitrogens is 1. The Hall–Kier alpha value is -2.51. The fourth-order valence-electron chi connectivity index (χ4n) is 4.34. The number of carbonyl (C=O) groups excluding carboxylic acids is 2. The van der Waals surface area contributed by atoms with Crippen molar-refractivity contribution in [2.24, 2.45) is 0 Å². The van der Waals surface area contributed by atoms with Crippen LogP contribution in [0.4, 0.5) is 0 Å². The molecular weight excluding hydrogens is 380 g/mol. The minimum absolute atomic E-state index is 0.0784. The summed E-state index contributed by atoms with van der Waals surface area (Å²) in [6, 6.07) is 9.94. The molecule has 1 aromatic heterocycles. The lowest BCUT2D eigenvalue weighted by Gasteiger charge is -2.36. The maximum absolute atomic E-state index is 13.4. The van der Waals surface area contributed by atoms with Gasteiger partial charge in [0.15, 0.2) is 0 Å². The summed E-state index contributed by atoms with van der Waals surface area (Å²) < 4.78 is 5.32. The Morgan fingerprint density at radius 3 is 2.43 bits per heavy atom. The van der Waals surface area contributed by atoms with E-state index in [0.717, 1.165) is 48.1 Å². The van der Waals surface area contributed by atoms with Crippen molar-refractivity contribution in [3.8, 4) is 0 Å². The minimum Gasteiger partial charge on any atom is -0.378 e. The molecule has 2 saturated heterocycles. The number of para-hydroxylation sites is 1. The van der Waals surface area contributed by atoms with Gasteiger partial charge in [-0.25, -0.2) is 0 Å². The van der Waals surface area contributed by atoms with Gasteiger partial charge in [-0.3, -0.25) is 19.5 Å². The first kappa shape index (κ1) is 19.5. The first-order valence-electron chi connectivity index (χ1n) is 11.0. The molecule has 0 atom stereocenters. The number of hydrogen-bond acceptors (Lipinski definition) is 5. The molecule has 158 valence electrons. The maximum atomic E-state index is 13.4. The van der Waals surface area contributed by atoms with E-state index in [0.29, 0.717) is 51.9 Å². The number of rotatable bonds is 4. The predicted molar refractivity (Wildman–Crippen MR) is 113 cm³/mol. The van der Waals surface area contributed by atoms with E-state index in [2.05, 4.69) is 4.90 Å². The fraction of sp³-hybridized carbons (Fsp3) is 0.522. The molecule has 30 heavy (non-hydrogen) atoms. The maximum Gasteiger partial charge on any atom is 0.254 e. The third-order valence-corrected chi connectivity index (χ3v) is 6.34. The van der Waals surface area contributed by atoms with Crippen LogP contribution in [0.25, 0.3) is 10.9 Å². The zero-order valence-corrected chi connectivity index (χ0v) is 17.3. The van der Waals surface area contributed by atoms with Crippen molar-refractivity contribution in [2.45, 2.75) is 18.8 Å². The molecule has 2 aliphatic heterocycles. The quantitative estimate of drug-likeness (QED) is 0.771. The van der Waals surface area contributed by atoms with Crippen LogP contribution in [0.3, 0.4) is 0 Å². The molecule has 3 fully saturated rings. The van der Waals surface area contributed by atoms with Gasteiger partial charge in [0, 0.05) is 56.3 Å². The first-order valence-corrected chi connectivity index (χ1v) is 11.0. The average molecular weight is 409 g/mol. The Balaban J connectivity index is 1.25. The van der Waals surface area contributed by atoms with Crippen molar-refractivity contribution < 1.29 is 14.3 Å². The monoisotopic (exact) mass is 408 g/mol. The van der Waals surface area contributed by atoms with Crippen molar-refractivity contribution in [3.63, 3.8) is 0 Å². The molecule has 5 rings (SSSR count). The topological polar surface area (TPSA) is 66.0 Å². The summed E-state index contributed by atoms with van der Waals surface area (Å²) in [7, 11) is 0. The van der Waals surface area contributed by atoms with Crippen LogP contribution in [0.5, 0.6) is 0 Å². The molecule has 3 aliphatic rings. The van der Waals surface area contributed by atoms with Gasteiger partial charge in [-0.05, 0) is 25.0 Å². The zero-order chi connectivity index (χ0) is 20.5. The van der Waals surface area contributed by atoms with Crippen LogP contribution in [-0.2, 0) is 9.53 Å². The molecule has 3 heterocycles. The highest BCUT2D eigenvalue weighted by atomic mass is 16.5. The van der Waals surface area contributed by atoms with Crippen molar-refractivity contribution in [1.82, 2.24) is 19.7 Å². The Bertz CT molecular complexity index is 945. The predicted octanol–water partition coefficient (Wildman–Crippen LogP) is 1.73. The van der Waals surface area contributed by atoms with E-state index < -0.39 is 0 Å². The van der Waals surface area contributed by atoms with Gasteiger partial charge in [-0.1, -0.05) is 18.2 Å². The fourth-order valence-corrected chi connectivity index (χ4v) is 4.34. The number of pyridine rings is 1. The molecule has 2 aromatic rings. The number of amides is 2. The third-order valence-electron chi connectivity index (χ3n) is 6.34. The van der Waals surface area contributed by atoms with E-state index in [-0.39, 0.29) is 11.8 Å². The number of fused-ring (bicyclic) bond motifs is 1. The summed E-state index contributed by atoms with van der Waals surface area (Å²) >= 11 is 0. The molecule has 1 aromatic carbocycles. The Labute approximate surface area is 176 Å². The molecule has 0 unspecified atom stereocenters. The lowest BCUT2D eigenvalue weighted by Crippen LogP contribution is -2.52. The molecule has 0 N–H and O–H groups in total. The summed E-state index contributed by atoms with van der Waals surface area (Å²) in [5.74, 6) is 0.742.